The van der Waals surface area contributed by atoms with E-state index in [-0.39, 0.29) is 17.4 Å². The van der Waals surface area contributed by atoms with E-state index in [0.29, 0.717) is 69.8 Å². The lowest BCUT2D eigenvalue weighted by Gasteiger charge is -2.28. The minimum atomic E-state index is -0.507. The van der Waals surface area contributed by atoms with Gasteiger partial charge in [0, 0.05) is 84.5 Å². The molecular weight excluding hydrogens is 633 g/mol. The summed E-state index contributed by atoms with van der Waals surface area (Å²) in [5.41, 5.74) is 8.29. The Morgan fingerprint density at radius 2 is 1.90 bits per heavy atom. The molecule has 12 heteroatoms. The molecule has 0 bridgehead atoms. The fourth-order valence-electron chi connectivity index (χ4n) is 7.58. The van der Waals surface area contributed by atoms with Crippen molar-refractivity contribution in [2.75, 3.05) is 13.1 Å². The Balaban J connectivity index is 1.23. The highest BCUT2D eigenvalue weighted by molar-refractivity contribution is 6.06. The zero-order valence-electron chi connectivity index (χ0n) is 28.9. The van der Waals surface area contributed by atoms with Crippen molar-refractivity contribution in [2.24, 2.45) is 5.92 Å². The summed E-state index contributed by atoms with van der Waals surface area (Å²) < 4.78 is 22.9. The summed E-state index contributed by atoms with van der Waals surface area (Å²) >= 11 is 0. The first-order valence-electron chi connectivity index (χ1n) is 17.8. The Morgan fingerprint density at radius 3 is 2.66 bits per heavy atom. The minimum Gasteiger partial charge on any atom is -0.340 e. The fraction of sp³-hybridized carbons (Fsp3) is 0.421. The molecule has 258 valence electrons. The summed E-state index contributed by atoms with van der Waals surface area (Å²) in [5, 5.41) is 12.7. The number of carbonyl (C=O) groups excluding carboxylic acids is 2. The van der Waals surface area contributed by atoms with Crippen molar-refractivity contribution < 1.29 is 14.0 Å². The van der Waals surface area contributed by atoms with Gasteiger partial charge in [0.15, 0.2) is 0 Å². The van der Waals surface area contributed by atoms with E-state index in [4.69, 9.17) is 4.98 Å². The minimum absolute atomic E-state index is 0.0480. The first kappa shape index (κ1) is 32.1. The third-order valence-electron chi connectivity index (χ3n) is 10.4. The summed E-state index contributed by atoms with van der Waals surface area (Å²) in [5.74, 6) is -0.297. The molecule has 6 heterocycles. The Bertz CT molecular complexity index is 2140. The second kappa shape index (κ2) is 13.0. The van der Waals surface area contributed by atoms with Crippen molar-refractivity contribution in [3.8, 4) is 11.1 Å². The van der Waals surface area contributed by atoms with E-state index in [1.807, 2.05) is 41.8 Å². The SMILES string of the molecule is CCc1nc(C)ccc1-c1cc(C(=O)N2Cc3cnn(CC)c3C2)c(F)c2cc(C3=CCCN(C(=O)CCn4ccnn4)C3)n(CC3CC3)c12. The molecule has 0 N–H and O–H groups in total. The van der Waals surface area contributed by atoms with Gasteiger partial charge in [0.1, 0.15) is 5.82 Å². The molecule has 1 aliphatic carbocycles. The molecule has 0 spiro atoms. The van der Waals surface area contributed by atoms with Crippen LogP contribution in [-0.2, 0) is 43.9 Å². The highest BCUT2D eigenvalue weighted by Crippen LogP contribution is 2.42. The second-order valence-corrected chi connectivity index (χ2v) is 13.8. The van der Waals surface area contributed by atoms with E-state index in [1.54, 1.807) is 28.0 Å². The van der Waals surface area contributed by atoms with Crippen LogP contribution in [0.4, 0.5) is 4.39 Å². The smallest absolute Gasteiger partial charge is 0.257 e. The van der Waals surface area contributed by atoms with Crippen LogP contribution >= 0.6 is 0 Å². The molecule has 1 saturated carbocycles. The first-order chi connectivity index (χ1) is 24.3. The van der Waals surface area contributed by atoms with E-state index >= 15 is 4.39 Å². The molecule has 5 aromatic rings. The summed E-state index contributed by atoms with van der Waals surface area (Å²) in [7, 11) is 0. The van der Waals surface area contributed by atoms with Crippen molar-refractivity contribution >= 4 is 28.3 Å². The number of aryl methyl sites for hydroxylation is 4. The molecule has 2 aliphatic heterocycles. The number of hydrogen-bond acceptors (Lipinski definition) is 6. The number of rotatable bonds is 10. The number of benzene rings is 1. The first-order valence-corrected chi connectivity index (χ1v) is 17.8. The van der Waals surface area contributed by atoms with Crippen LogP contribution in [-0.4, -0.2) is 69.0 Å². The Labute approximate surface area is 290 Å². The number of fused-ring (bicyclic) bond motifs is 2. The molecule has 0 saturated heterocycles. The molecule has 3 aliphatic rings. The van der Waals surface area contributed by atoms with E-state index in [2.05, 4.69) is 39.0 Å². The van der Waals surface area contributed by atoms with Gasteiger partial charge in [0.05, 0.1) is 42.3 Å². The van der Waals surface area contributed by atoms with E-state index in [0.717, 1.165) is 69.9 Å². The van der Waals surface area contributed by atoms with Crippen molar-refractivity contribution in [1.82, 2.24) is 44.1 Å². The molecular formula is C38H42FN9O2. The predicted molar refractivity (Wildman–Crippen MR) is 187 cm³/mol. The van der Waals surface area contributed by atoms with Gasteiger partial charge in [-0.3, -0.25) is 23.9 Å². The molecule has 50 heavy (non-hydrogen) atoms. The Hall–Kier alpha value is -5.13. The highest BCUT2D eigenvalue weighted by Gasteiger charge is 2.33. The van der Waals surface area contributed by atoms with Crippen LogP contribution in [0.1, 0.15) is 78.2 Å². The Morgan fingerprint density at radius 1 is 1.04 bits per heavy atom. The topological polar surface area (TPSA) is 107 Å². The van der Waals surface area contributed by atoms with Crippen LogP contribution in [0.5, 0.6) is 0 Å². The van der Waals surface area contributed by atoms with Crippen molar-refractivity contribution in [2.45, 2.75) is 85.6 Å². The number of amides is 2. The van der Waals surface area contributed by atoms with Crippen LogP contribution in [0.2, 0.25) is 0 Å². The zero-order valence-corrected chi connectivity index (χ0v) is 28.9. The summed E-state index contributed by atoms with van der Waals surface area (Å²) in [6.45, 7) is 9.85. The van der Waals surface area contributed by atoms with E-state index in [1.165, 1.54) is 0 Å². The van der Waals surface area contributed by atoms with Gasteiger partial charge >= 0.3 is 0 Å². The fourth-order valence-corrected chi connectivity index (χ4v) is 7.58. The maximum atomic E-state index is 17.1. The van der Waals surface area contributed by atoms with Gasteiger partial charge in [-0.15, -0.1) is 5.10 Å². The highest BCUT2D eigenvalue weighted by atomic mass is 19.1. The zero-order chi connectivity index (χ0) is 34.5. The maximum absolute atomic E-state index is 17.1. The van der Waals surface area contributed by atoms with Crippen LogP contribution in [0.3, 0.4) is 0 Å². The lowest BCUT2D eigenvalue weighted by molar-refractivity contribution is -0.131. The van der Waals surface area contributed by atoms with Crippen LogP contribution in [0.15, 0.2) is 48.9 Å². The van der Waals surface area contributed by atoms with Gasteiger partial charge in [0.25, 0.3) is 5.91 Å². The summed E-state index contributed by atoms with van der Waals surface area (Å²) in [6.07, 6.45) is 11.3. The number of nitrogens with zero attached hydrogens (tertiary/aromatic N) is 9. The van der Waals surface area contributed by atoms with E-state index < -0.39 is 5.82 Å². The third-order valence-corrected chi connectivity index (χ3v) is 10.4. The molecule has 0 atom stereocenters. The van der Waals surface area contributed by atoms with Crippen molar-refractivity contribution in [1.29, 1.82) is 0 Å². The number of carbonyl (C=O) groups is 2. The number of aromatic nitrogens is 7. The van der Waals surface area contributed by atoms with Crippen LogP contribution in [0, 0.1) is 18.7 Å². The van der Waals surface area contributed by atoms with Crippen LogP contribution < -0.4 is 0 Å². The largest absolute Gasteiger partial charge is 0.340 e. The average molecular weight is 676 g/mol. The van der Waals surface area contributed by atoms with E-state index in [9.17, 15) is 9.59 Å². The lowest BCUT2D eigenvalue weighted by Crippen LogP contribution is -2.36. The normalized spacial score (nSPS) is 16.0. The molecule has 0 unspecified atom stereocenters. The average Bonchev–Trinajstić information content (AvgIpc) is 3.48. The molecule has 2 amide bonds. The molecule has 1 fully saturated rings. The maximum Gasteiger partial charge on any atom is 0.257 e. The number of hydrogen-bond donors (Lipinski definition) is 0. The van der Waals surface area contributed by atoms with Crippen molar-refractivity contribution in [3.63, 3.8) is 0 Å². The molecule has 1 aromatic carbocycles. The molecule has 0 radical (unpaired) electrons. The van der Waals surface area contributed by atoms with Gasteiger partial charge in [0.2, 0.25) is 5.91 Å². The summed E-state index contributed by atoms with van der Waals surface area (Å²) in [6, 6.07) is 7.74. The number of halogens is 1. The van der Waals surface area contributed by atoms with Crippen molar-refractivity contribution in [3.05, 3.63) is 88.7 Å². The predicted octanol–water partition coefficient (Wildman–Crippen LogP) is 5.79. The van der Waals surface area contributed by atoms with Gasteiger partial charge in [-0.1, -0.05) is 24.3 Å². The van der Waals surface area contributed by atoms with Gasteiger partial charge in [-0.2, -0.15) is 5.10 Å². The van der Waals surface area contributed by atoms with Crippen LogP contribution in [0.25, 0.3) is 27.6 Å². The van der Waals surface area contributed by atoms with Gasteiger partial charge in [-0.25, -0.2) is 4.39 Å². The standard InChI is InChI=1S/C38H42FN9O2/c1-4-32-28(11-8-24(3)42-32)29-17-31(38(50)45-22-27-19-41-48(5-2)34(27)23-45)36(39)30-18-33(47(37(29)30)20-25-9-10-25)26-7-6-14-44(21-26)35(49)12-15-46-16-13-40-43-46/h7-8,11,13,16-19,25H,4-6,9-10,12,14-15,20-23H2,1-3H3. The molecule has 8 rings (SSSR count). The monoisotopic (exact) mass is 675 g/mol. The molecule has 11 nitrogen and oxygen atoms in total. The van der Waals surface area contributed by atoms with Gasteiger partial charge in [-0.05, 0) is 69.2 Å². The quantitative estimate of drug-likeness (QED) is 0.186. The Kier molecular flexibility index (Phi) is 8.32. The summed E-state index contributed by atoms with van der Waals surface area (Å²) in [4.78, 5) is 36.1. The molecule has 4 aromatic heterocycles. The second-order valence-electron chi connectivity index (χ2n) is 13.8. The number of pyridine rings is 1. The third kappa shape index (κ3) is 5.80. The van der Waals surface area contributed by atoms with Gasteiger partial charge < -0.3 is 14.4 Å². The lowest BCUT2D eigenvalue weighted by atomic mass is 9.96.